The Labute approximate surface area is 102 Å². The van der Waals surface area contributed by atoms with Crippen molar-refractivity contribution in [3.63, 3.8) is 0 Å². The Kier molecular flexibility index (Phi) is 3.33. The summed E-state index contributed by atoms with van der Waals surface area (Å²) in [6, 6.07) is 5.46. The molecule has 0 bridgehead atoms. The third kappa shape index (κ3) is 2.77. The zero-order valence-electron chi connectivity index (χ0n) is 10.3. The van der Waals surface area contributed by atoms with Gasteiger partial charge in [-0.3, -0.25) is 10.6 Å². The minimum Gasteiger partial charge on any atom is -0.352 e. The Morgan fingerprint density at radius 3 is 2.76 bits per heavy atom. The average Bonchev–Trinajstić information content (AvgIpc) is 3.02. The number of carbonyl (C=O) groups excluding carboxylic acids is 1. The SMILES string of the molecule is Cc1cc(C(=O)NCC2CC2C)ccc1NN. The van der Waals surface area contributed by atoms with Crippen LogP contribution in [0.5, 0.6) is 0 Å². The molecule has 0 spiro atoms. The fraction of sp³-hybridized carbons (Fsp3) is 0.462. The first kappa shape index (κ1) is 11.9. The van der Waals surface area contributed by atoms with Crippen molar-refractivity contribution in [2.24, 2.45) is 17.7 Å². The fourth-order valence-electron chi connectivity index (χ4n) is 1.98. The first-order valence-corrected chi connectivity index (χ1v) is 5.97. The molecule has 0 aliphatic heterocycles. The summed E-state index contributed by atoms with van der Waals surface area (Å²) in [4.78, 5) is 11.9. The van der Waals surface area contributed by atoms with Crippen molar-refractivity contribution in [1.82, 2.24) is 5.32 Å². The Balaban J connectivity index is 1.96. The van der Waals surface area contributed by atoms with Crippen LogP contribution in [0.1, 0.15) is 29.3 Å². The molecule has 1 aromatic carbocycles. The normalized spacial score (nSPS) is 22.1. The number of nitrogens with two attached hydrogens (primary N) is 1. The number of benzene rings is 1. The number of amides is 1. The first-order valence-electron chi connectivity index (χ1n) is 5.97. The molecule has 0 aromatic heterocycles. The molecule has 1 fully saturated rings. The summed E-state index contributed by atoms with van der Waals surface area (Å²) in [7, 11) is 0. The van der Waals surface area contributed by atoms with Crippen LogP contribution in [0, 0.1) is 18.8 Å². The maximum Gasteiger partial charge on any atom is 0.251 e. The zero-order valence-corrected chi connectivity index (χ0v) is 10.3. The number of hydrazine groups is 1. The van der Waals surface area contributed by atoms with Crippen molar-refractivity contribution >= 4 is 11.6 Å². The van der Waals surface area contributed by atoms with Gasteiger partial charge < -0.3 is 10.7 Å². The zero-order chi connectivity index (χ0) is 12.4. The van der Waals surface area contributed by atoms with E-state index in [1.807, 2.05) is 19.1 Å². The van der Waals surface area contributed by atoms with Gasteiger partial charge in [0.2, 0.25) is 0 Å². The molecular formula is C13H19N3O. The largest absolute Gasteiger partial charge is 0.352 e. The minimum atomic E-state index is -0.00392. The number of anilines is 1. The highest BCUT2D eigenvalue weighted by atomic mass is 16.1. The maximum atomic E-state index is 11.9. The van der Waals surface area contributed by atoms with E-state index in [1.54, 1.807) is 6.07 Å². The van der Waals surface area contributed by atoms with Gasteiger partial charge in [0.15, 0.2) is 0 Å². The first-order chi connectivity index (χ1) is 8.11. The number of nitrogens with one attached hydrogen (secondary N) is 2. The number of aryl methyl sites for hydroxylation is 1. The Morgan fingerprint density at radius 1 is 1.53 bits per heavy atom. The standard InChI is InChI=1S/C13H19N3O/c1-8-5-11(8)7-15-13(17)10-3-4-12(16-14)9(2)6-10/h3-4,6,8,11,16H,5,7,14H2,1-2H3,(H,15,17). The molecule has 92 valence electrons. The van der Waals surface area contributed by atoms with Crippen LogP contribution in [0.25, 0.3) is 0 Å². The maximum absolute atomic E-state index is 11.9. The quantitative estimate of drug-likeness (QED) is 0.547. The van der Waals surface area contributed by atoms with Gasteiger partial charge in [0, 0.05) is 12.1 Å². The second kappa shape index (κ2) is 4.75. The van der Waals surface area contributed by atoms with Crippen LogP contribution >= 0.6 is 0 Å². The molecule has 0 saturated heterocycles. The molecule has 0 heterocycles. The van der Waals surface area contributed by atoms with Crippen LogP contribution in [-0.4, -0.2) is 12.5 Å². The van der Waals surface area contributed by atoms with Crippen molar-refractivity contribution in [2.45, 2.75) is 20.3 Å². The number of hydrogen-bond acceptors (Lipinski definition) is 3. The number of carbonyl (C=O) groups is 1. The third-order valence-electron chi connectivity index (χ3n) is 3.45. The van der Waals surface area contributed by atoms with E-state index >= 15 is 0 Å². The van der Waals surface area contributed by atoms with Crippen LogP contribution in [0.15, 0.2) is 18.2 Å². The van der Waals surface area contributed by atoms with Crippen molar-refractivity contribution in [2.75, 3.05) is 12.0 Å². The molecule has 17 heavy (non-hydrogen) atoms. The van der Waals surface area contributed by atoms with E-state index in [2.05, 4.69) is 17.7 Å². The van der Waals surface area contributed by atoms with E-state index in [-0.39, 0.29) is 5.91 Å². The second-order valence-corrected chi connectivity index (χ2v) is 4.86. The van der Waals surface area contributed by atoms with Gasteiger partial charge in [-0.1, -0.05) is 6.92 Å². The van der Waals surface area contributed by atoms with Gasteiger partial charge in [0.25, 0.3) is 5.91 Å². The highest BCUT2D eigenvalue weighted by Crippen LogP contribution is 2.36. The number of nitrogen functional groups attached to an aromatic ring is 1. The van der Waals surface area contributed by atoms with Crippen molar-refractivity contribution in [3.8, 4) is 0 Å². The summed E-state index contributed by atoms with van der Waals surface area (Å²) in [5.74, 6) is 6.78. The van der Waals surface area contributed by atoms with Crippen LogP contribution in [-0.2, 0) is 0 Å². The highest BCUT2D eigenvalue weighted by molar-refractivity contribution is 5.94. The van der Waals surface area contributed by atoms with Gasteiger partial charge in [-0.25, -0.2) is 0 Å². The lowest BCUT2D eigenvalue weighted by Gasteiger charge is -2.08. The molecule has 4 N–H and O–H groups in total. The summed E-state index contributed by atoms with van der Waals surface area (Å²) in [6.45, 7) is 4.92. The summed E-state index contributed by atoms with van der Waals surface area (Å²) >= 11 is 0. The van der Waals surface area contributed by atoms with E-state index in [9.17, 15) is 4.79 Å². The molecule has 1 amide bonds. The lowest BCUT2D eigenvalue weighted by Crippen LogP contribution is -2.26. The molecule has 1 aliphatic carbocycles. The monoisotopic (exact) mass is 233 g/mol. The molecule has 0 radical (unpaired) electrons. The Hall–Kier alpha value is -1.55. The van der Waals surface area contributed by atoms with Crippen molar-refractivity contribution in [3.05, 3.63) is 29.3 Å². The topological polar surface area (TPSA) is 67.2 Å². The molecular weight excluding hydrogens is 214 g/mol. The minimum absolute atomic E-state index is 0.00392. The molecule has 2 atom stereocenters. The van der Waals surface area contributed by atoms with Gasteiger partial charge in [0.1, 0.15) is 0 Å². The molecule has 1 aliphatic rings. The third-order valence-corrected chi connectivity index (χ3v) is 3.45. The van der Waals surface area contributed by atoms with Gasteiger partial charge in [-0.05, 0) is 48.9 Å². The lowest BCUT2D eigenvalue weighted by atomic mass is 10.1. The predicted molar refractivity (Wildman–Crippen MR) is 68.6 cm³/mol. The van der Waals surface area contributed by atoms with E-state index in [1.165, 1.54) is 6.42 Å². The summed E-state index contributed by atoms with van der Waals surface area (Å²) < 4.78 is 0. The Morgan fingerprint density at radius 2 is 2.24 bits per heavy atom. The number of hydrogen-bond donors (Lipinski definition) is 3. The number of rotatable bonds is 4. The van der Waals surface area contributed by atoms with E-state index in [0.29, 0.717) is 11.5 Å². The summed E-state index contributed by atoms with van der Waals surface area (Å²) in [6.07, 6.45) is 1.23. The Bertz CT molecular complexity index is 431. The smallest absolute Gasteiger partial charge is 0.251 e. The van der Waals surface area contributed by atoms with Crippen LogP contribution in [0.2, 0.25) is 0 Å². The van der Waals surface area contributed by atoms with Gasteiger partial charge in [-0.2, -0.15) is 0 Å². The molecule has 2 unspecified atom stereocenters. The average molecular weight is 233 g/mol. The molecule has 4 heteroatoms. The molecule has 2 rings (SSSR count). The van der Waals surface area contributed by atoms with Crippen molar-refractivity contribution in [1.29, 1.82) is 0 Å². The van der Waals surface area contributed by atoms with Crippen LogP contribution < -0.4 is 16.6 Å². The van der Waals surface area contributed by atoms with Gasteiger partial charge in [0.05, 0.1) is 5.69 Å². The van der Waals surface area contributed by atoms with Crippen molar-refractivity contribution < 1.29 is 4.79 Å². The lowest BCUT2D eigenvalue weighted by molar-refractivity contribution is 0.0951. The molecule has 1 saturated carbocycles. The summed E-state index contributed by atoms with van der Waals surface area (Å²) in [5.41, 5.74) is 5.10. The van der Waals surface area contributed by atoms with Gasteiger partial charge >= 0.3 is 0 Å². The fourth-order valence-corrected chi connectivity index (χ4v) is 1.98. The van der Waals surface area contributed by atoms with Crippen LogP contribution in [0.4, 0.5) is 5.69 Å². The molecule has 4 nitrogen and oxygen atoms in total. The highest BCUT2D eigenvalue weighted by Gasteiger charge is 2.32. The predicted octanol–water partition coefficient (Wildman–Crippen LogP) is 1.67. The van der Waals surface area contributed by atoms with E-state index in [4.69, 9.17) is 5.84 Å². The molecule has 1 aromatic rings. The van der Waals surface area contributed by atoms with E-state index < -0.39 is 0 Å². The summed E-state index contributed by atoms with van der Waals surface area (Å²) in [5, 5.41) is 2.97. The van der Waals surface area contributed by atoms with Gasteiger partial charge in [-0.15, -0.1) is 0 Å². The second-order valence-electron chi connectivity index (χ2n) is 4.86. The van der Waals surface area contributed by atoms with Crippen LogP contribution in [0.3, 0.4) is 0 Å². The van der Waals surface area contributed by atoms with E-state index in [0.717, 1.165) is 23.7 Å².